The Labute approximate surface area is 202 Å². The number of hydrogen-bond donors (Lipinski definition) is 2. The van der Waals surface area contributed by atoms with E-state index < -0.39 is 22.8 Å². The number of carboxylic acids is 2. The van der Waals surface area contributed by atoms with Crippen molar-refractivity contribution in [2.24, 2.45) is 10.8 Å². The molecule has 0 bridgehead atoms. The molecule has 2 aromatic carbocycles. The Morgan fingerprint density at radius 2 is 1.38 bits per heavy atom. The molecule has 2 aliphatic heterocycles. The van der Waals surface area contributed by atoms with Gasteiger partial charge in [0, 0.05) is 0 Å². The first kappa shape index (κ1) is 27.2. The van der Waals surface area contributed by atoms with Gasteiger partial charge in [-0.2, -0.15) is 0 Å². The second kappa shape index (κ2) is 11.9. The Bertz CT molecular complexity index is 985. The molecule has 0 saturated heterocycles. The van der Waals surface area contributed by atoms with Crippen LogP contribution in [0.5, 0.6) is 11.5 Å². The average Bonchev–Trinajstić information content (AvgIpc) is 2.84. The average molecular weight is 471 g/mol. The minimum atomic E-state index is -0.799. The number of ether oxygens (including phenoxy) is 2. The summed E-state index contributed by atoms with van der Waals surface area (Å²) in [5, 5.41) is 18.3. The van der Waals surface area contributed by atoms with Gasteiger partial charge in [0.25, 0.3) is 0 Å². The van der Waals surface area contributed by atoms with Gasteiger partial charge in [0.15, 0.2) is 0 Å². The number of rotatable bonds is 5. The normalized spacial score (nSPS) is 22.1. The Kier molecular flexibility index (Phi) is 9.54. The van der Waals surface area contributed by atoms with Gasteiger partial charge in [-0.3, -0.25) is 9.59 Å². The zero-order chi connectivity index (χ0) is 25.4. The van der Waals surface area contributed by atoms with Gasteiger partial charge in [0.1, 0.15) is 35.5 Å². The van der Waals surface area contributed by atoms with E-state index in [1.165, 1.54) is 18.4 Å². The van der Waals surface area contributed by atoms with Crippen LogP contribution >= 0.6 is 0 Å². The number of benzene rings is 2. The zero-order valence-electron chi connectivity index (χ0n) is 21.0. The van der Waals surface area contributed by atoms with Crippen LogP contribution in [-0.4, -0.2) is 35.4 Å². The maximum absolute atomic E-state index is 11.2. The molecule has 6 nitrogen and oxygen atoms in total. The van der Waals surface area contributed by atoms with Crippen molar-refractivity contribution in [3.63, 3.8) is 0 Å². The molecule has 2 unspecified atom stereocenters. The lowest BCUT2D eigenvalue weighted by molar-refractivity contribution is -0.151. The van der Waals surface area contributed by atoms with Crippen LogP contribution < -0.4 is 9.47 Å². The summed E-state index contributed by atoms with van der Waals surface area (Å²) in [6, 6.07) is 13.7. The Morgan fingerprint density at radius 1 is 0.853 bits per heavy atom. The van der Waals surface area contributed by atoms with Gasteiger partial charge in [0.05, 0.1) is 0 Å². The molecular weight excluding hydrogens is 432 g/mol. The zero-order valence-corrected chi connectivity index (χ0v) is 21.0. The molecule has 0 radical (unpaired) electrons. The molecule has 0 amide bonds. The molecule has 2 N–H and O–H groups in total. The second-order valence-electron chi connectivity index (χ2n) is 9.32. The van der Waals surface area contributed by atoms with E-state index in [2.05, 4.69) is 19.1 Å². The van der Waals surface area contributed by atoms with Crippen molar-refractivity contribution >= 4 is 11.9 Å². The lowest BCUT2D eigenvalue weighted by Crippen LogP contribution is -2.39. The van der Waals surface area contributed by atoms with Gasteiger partial charge in [-0.05, 0) is 68.4 Å². The number of fused-ring (bicyclic) bond motifs is 2. The number of unbranched alkanes of at least 4 members (excludes halogenated alkanes) is 1. The van der Waals surface area contributed by atoms with E-state index in [0.717, 1.165) is 29.0 Å². The summed E-state index contributed by atoms with van der Waals surface area (Å²) in [5.74, 6) is 0.0868. The molecule has 2 heterocycles. The number of aliphatic carboxylic acids is 2. The third-order valence-electron chi connectivity index (χ3n) is 6.21. The van der Waals surface area contributed by atoms with Gasteiger partial charge < -0.3 is 19.7 Å². The standard InChI is InChI=1S/C15H20O3.C11H12O3.C2H6/c1-3-4-5-11-6-7-12-9-15(2,14(16)17)10-18-13(12)8-11;1-11(10(12)13)6-8-4-2-3-5-9(8)14-7-11;1-2/h6-8H,3-5,9-10H2,1-2H3,(H,16,17);2-5H,6-7H2,1H3,(H,12,13);1-2H3. The molecule has 4 rings (SSSR count). The molecule has 0 fully saturated rings. The first-order valence-corrected chi connectivity index (χ1v) is 12.1. The summed E-state index contributed by atoms with van der Waals surface area (Å²) < 4.78 is 11.1. The van der Waals surface area contributed by atoms with Crippen molar-refractivity contribution in [3.8, 4) is 11.5 Å². The van der Waals surface area contributed by atoms with Crippen molar-refractivity contribution in [1.29, 1.82) is 0 Å². The lowest BCUT2D eigenvalue weighted by atomic mass is 9.82. The van der Waals surface area contributed by atoms with Crippen LogP contribution in [0.3, 0.4) is 0 Å². The van der Waals surface area contributed by atoms with Crippen LogP contribution in [0.15, 0.2) is 42.5 Å². The van der Waals surface area contributed by atoms with Gasteiger partial charge >= 0.3 is 11.9 Å². The van der Waals surface area contributed by atoms with E-state index >= 15 is 0 Å². The summed E-state index contributed by atoms with van der Waals surface area (Å²) in [6.07, 6.45) is 4.49. The molecule has 2 aromatic rings. The number of carbonyl (C=O) groups is 2. The van der Waals surface area contributed by atoms with Gasteiger partial charge in [-0.15, -0.1) is 0 Å². The summed E-state index contributed by atoms with van der Waals surface area (Å²) >= 11 is 0. The first-order valence-electron chi connectivity index (χ1n) is 12.1. The van der Waals surface area contributed by atoms with Crippen LogP contribution in [-0.2, 0) is 28.9 Å². The molecular formula is C28H38O6. The highest BCUT2D eigenvalue weighted by atomic mass is 16.5. The summed E-state index contributed by atoms with van der Waals surface area (Å²) in [7, 11) is 0. The van der Waals surface area contributed by atoms with Gasteiger partial charge in [-0.1, -0.05) is 57.5 Å². The van der Waals surface area contributed by atoms with Crippen molar-refractivity contribution in [2.75, 3.05) is 13.2 Å². The van der Waals surface area contributed by atoms with E-state index in [-0.39, 0.29) is 13.2 Å². The monoisotopic (exact) mass is 470 g/mol. The second-order valence-corrected chi connectivity index (χ2v) is 9.32. The molecule has 0 aromatic heterocycles. The maximum atomic E-state index is 11.2. The van der Waals surface area contributed by atoms with Crippen LogP contribution in [0, 0.1) is 10.8 Å². The minimum Gasteiger partial charge on any atom is -0.492 e. The highest BCUT2D eigenvalue weighted by molar-refractivity contribution is 5.76. The predicted molar refractivity (Wildman–Crippen MR) is 133 cm³/mol. The molecule has 0 aliphatic carbocycles. The van der Waals surface area contributed by atoms with Crippen molar-refractivity contribution in [2.45, 2.75) is 66.7 Å². The fourth-order valence-electron chi connectivity index (χ4n) is 3.90. The van der Waals surface area contributed by atoms with Crippen molar-refractivity contribution < 1.29 is 29.3 Å². The topological polar surface area (TPSA) is 93.1 Å². The molecule has 2 aliphatic rings. The van der Waals surface area contributed by atoms with Crippen LogP contribution in [0.25, 0.3) is 0 Å². The van der Waals surface area contributed by atoms with Gasteiger partial charge in [-0.25, -0.2) is 0 Å². The van der Waals surface area contributed by atoms with Crippen molar-refractivity contribution in [1.82, 2.24) is 0 Å². The fourth-order valence-corrected chi connectivity index (χ4v) is 3.90. The summed E-state index contributed by atoms with van der Waals surface area (Å²) in [6.45, 7) is 10.1. The van der Waals surface area contributed by atoms with E-state index in [1.807, 2.05) is 44.2 Å². The first-order chi connectivity index (χ1) is 16.2. The predicted octanol–water partition coefficient (Wildman–Crippen LogP) is 5.79. The Hall–Kier alpha value is -3.02. The minimum absolute atomic E-state index is 0.249. The summed E-state index contributed by atoms with van der Waals surface area (Å²) in [5.41, 5.74) is 1.68. The van der Waals surface area contributed by atoms with E-state index in [4.69, 9.17) is 14.6 Å². The van der Waals surface area contributed by atoms with E-state index in [9.17, 15) is 14.7 Å². The van der Waals surface area contributed by atoms with Crippen LogP contribution in [0.4, 0.5) is 0 Å². The SMILES string of the molecule is CC.CC1(C(=O)O)COc2ccccc2C1.CCCCc1ccc2c(c1)OCC(C)(C(=O)O)C2. The van der Waals surface area contributed by atoms with Crippen LogP contribution in [0.2, 0.25) is 0 Å². The van der Waals surface area contributed by atoms with Crippen LogP contribution in [0.1, 0.15) is 64.2 Å². The number of carboxylic acid groups (broad SMARTS) is 2. The number of aryl methyl sites for hydroxylation is 1. The number of hydrogen-bond acceptors (Lipinski definition) is 4. The van der Waals surface area contributed by atoms with Gasteiger partial charge in [0.2, 0.25) is 0 Å². The Morgan fingerprint density at radius 3 is 1.94 bits per heavy atom. The molecule has 34 heavy (non-hydrogen) atoms. The largest absolute Gasteiger partial charge is 0.492 e. The third kappa shape index (κ3) is 6.52. The van der Waals surface area contributed by atoms with Crippen molar-refractivity contribution in [3.05, 3.63) is 59.2 Å². The molecule has 6 heteroatoms. The fraction of sp³-hybridized carbons (Fsp3) is 0.500. The smallest absolute Gasteiger partial charge is 0.313 e. The summed E-state index contributed by atoms with van der Waals surface area (Å²) in [4.78, 5) is 22.2. The molecule has 0 spiro atoms. The quantitative estimate of drug-likeness (QED) is 0.574. The highest BCUT2D eigenvalue weighted by Crippen LogP contribution is 2.36. The molecule has 0 saturated carbocycles. The maximum Gasteiger partial charge on any atom is 0.313 e. The van der Waals surface area contributed by atoms with E-state index in [0.29, 0.717) is 12.8 Å². The Balaban J connectivity index is 0.000000230. The molecule has 186 valence electrons. The molecule has 2 atom stereocenters. The number of para-hydroxylation sites is 1. The lowest BCUT2D eigenvalue weighted by Gasteiger charge is -2.31. The van der Waals surface area contributed by atoms with E-state index in [1.54, 1.807) is 13.8 Å². The highest BCUT2D eigenvalue weighted by Gasteiger charge is 2.39. The third-order valence-corrected chi connectivity index (χ3v) is 6.21.